The van der Waals surface area contributed by atoms with Crippen LogP contribution >= 0.6 is 0 Å². The predicted molar refractivity (Wildman–Crippen MR) is 68.6 cm³/mol. The summed E-state index contributed by atoms with van der Waals surface area (Å²) in [7, 11) is 2.19. The first-order valence-corrected chi connectivity index (χ1v) is 6.06. The number of para-hydroxylation sites is 1. The zero-order valence-electron chi connectivity index (χ0n) is 9.74. The van der Waals surface area contributed by atoms with Gasteiger partial charge in [-0.05, 0) is 49.0 Å². The molecule has 0 spiro atoms. The van der Waals surface area contributed by atoms with Crippen LogP contribution in [-0.2, 0) is 6.42 Å². The van der Waals surface area contributed by atoms with Gasteiger partial charge in [0.25, 0.3) is 0 Å². The smallest absolute Gasteiger partial charge is 0.0440 e. The van der Waals surface area contributed by atoms with Gasteiger partial charge in [-0.3, -0.25) is 0 Å². The number of anilines is 1. The van der Waals surface area contributed by atoms with E-state index in [9.17, 15) is 0 Å². The van der Waals surface area contributed by atoms with Crippen molar-refractivity contribution >= 4 is 5.69 Å². The van der Waals surface area contributed by atoms with Gasteiger partial charge in [0.15, 0.2) is 0 Å². The summed E-state index contributed by atoms with van der Waals surface area (Å²) in [5, 5.41) is 0. The quantitative estimate of drug-likeness (QED) is 0.633. The summed E-state index contributed by atoms with van der Waals surface area (Å²) in [6.07, 6.45) is 9.45. The molecule has 1 nitrogen and oxygen atoms in total. The highest BCUT2D eigenvalue weighted by atomic mass is 15.1. The summed E-state index contributed by atoms with van der Waals surface area (Å²) in [5.74, 6) is 0. The first kappa shape index (κ1) is 9.71. The second-order valence-corrected chi connectivity index (χ2v) is 4.62. The molecule has 0 amide bonds. The van der Waals surface area contributed by atoms with Crippen molar-refractivity contribution in [3.63, 3.8) is 0 Å². The molecule has 1 aromatic rings. The largest absolute Gasteiger partial charge is 0.344 e. The fraction of sp³-hybridized carbons (Fsp3) is 0.333. The van der Waals surface area contributed by atoms with Crippen LogP contribution in [0.3, 0.4) is 0 Å². The van der Waals surface area contributed by atoms with Crippen molar-refractivity contribution in [3.05, 3.63) is 53.3 Å². The summed E-state index contributed by atoms with van der Waals surface area (Å²) in [6, 6.07) is 8.77. The van der Waals surface area contributed by atoms with Gasteiger partial charge in [-0.1, -0.05) is 24.3 Å². The Labute approximate surface area is 97.1 Å². The molecule has 16 heavy (non-hydrogen) atoms. The monoisotopic (exact) mass is 211 g/mol. The van der Waals surface area contributed by atoms with E-state index in [1.165, 1.54) is 42.6 Å². The molecule has 0 unspecified atom stereocenters. The SMILES string of the molecule is CN1C2=C(CCC=C2)CCc2ccccc21. The molecule has 3 rings (SSSR count). The van der Waals surface area contributed by atoms with Crippen molar-refractivity contribution in [1.82, 2.24) is 0 Å². The highest BCUT2D eigenvalue weighted by molar-refractivity contribution is 5.62. The van der Waals surface area contributed by atoms with Crippen molar-refractivity contribution in [3.8, 4) is 0 Å². The normalized spacial score (nSPS) is 19.2. The van der Waals surface area contributed by atoms with E-state index in [0.29, 0.717) is 0 Å². The second-order valence-electron chi connectivity index (χ2n) is 4.62. The Balaban J connectivity index is 2.09. The van der Waals surface area contributed by atoms with Crippen molar-refractivity contribution in [2.24, 2.45) is 0 Å². The second kappa shape index (κ2) is 3.82. The Hall–Kier alpha value is -1.50. The lowest BCUT2D eigenvalue weighted by molar-refractivity contribution is 0.830. The van der Waals surface area contributed by atoms with E-state index in [4.69, 9.17) is 0 Å². The summed E-state index contributed by atoms with van der Waals surface area (Å²) in [5.41, 5.74) is 5.91. The predicted octanol–water partition coefficient (Wildman–Crippen LogP) is 3.67. The van der Waals surface area contributed by atoms with Gasteiger partial charge in [-0.25, -0.2) is 0 Å². The highest BCUT2D eigenvalue weighted by Gasteiger charge is 2.19. The van der Waals surface area contributed by atoms with Crippen molar-refractivity contribution < 1.29 is 0 Å². The Morgan fingerprint density at radius 2 is 1.94 bits per heavy atom. The van der Waals surface area contributed by atoms with E-state index < -0.39 is 0 Å². The molecular formula is C15H17N. The Bertz CT molecular complexity index is 468. The number of hydrogen-bond donors (Lipinski definition) is 0. The number of likely N-dealkylation sites (N-methyl/N-ethyl adjacent to an activating group) is 1. The fourth-order valence-corrected chi connectivity index (χ4v) is 2.77. The molecule has 1 aliphatic carbocycles. The summed E-state index contributed by atoms with van der Waals surface area (Å²) in [4.78, 5) is 2.35. The minimum atomic E-state index is 1.19. The van der Waals surface area contributed by atoms with Gasteiger partial charge in [0.05, 0.1) is 0 Å². The van der Waals surface area contributed by atoms with Crippen LogP contribution < -0.4 is 4.90 Å². The van der Waals surface area contributed by atoms with E-state index in [1.807, 2.05) is 0 Å². The third kappa shape index (κ3) is 1.47. The number of nitrogens with zero attached hydrogens (tertiary/aromatic N) is 1. The Morgan fingerprint density at radius 1 is 1.06 bits per heavy atom. The lowest BCUT2D eigenvalue weighted by atomic mass is 9.97. The van der Waals surface area contributed by atoms with Crippen LogP contribution in [0.25, 0.3) is 0 Å². The highest BCUT2D eigenvalue weighted by Crippen LogP contribution is 2.34. The third-order valence-electron chi connectivity index (χ3n) is 3.66. The maximum absolute atomic E-state index is 2.35. The first-order chi connectivity index (χ1) is 7.86. The molecule has 0 atom stereocenters. The number of aryl methyl sites for hydroxylation is 1. The molecule has 1 heteroatoms. The third-order valence-corrected chi connectivity index (χ3v) is 3.66. The number of benzene rings is 1. The molecule has 1 heterocycles. The van der Waals surface area contributed by atoms with E-state index in [2.05, 4.69) is 48.4 Å². The molecule has 2 aliphatic rings. The molecule has 0 radical (unpaired) electrons. The van der Waals surface area contributed by atoms with Gasteiger partial charge >= 0.3 is 0 Å². The van der Waals surface area contributed by atoms with Crippen LogP contribution in [0.2, 0.25) is 0 Å². The van der Waals surface area contributed by atoms with Gasteiger partial charge < -0.3 is 4.90 Å². The van der Waals surface area contributed by atoms with Crippen molar-refractivity contribution in [1.29, 1.82) is 0 Å². The van der Waals surface area contributed by atoms with E-state index in [1.54, 1.807) is 5.57 Å². The molecular weight excluding hydrogens is 194 g/mol. The number of allylic oxidation sites excluding steroid dienone is 3. The molecule has 0 aromatic heterocycles. The molecule has 82 valence electrons. The minimum absolute atomic E-state index is 1.19. The standard InChI is InChI=1S/C15H17N/c1-16-14-8-4-2-6-12(14)10-11-13-7-3-5-9-15(13)16/h2,4-6,8-9H,3,7,10-11H2,1H3. The van der Waals surface area contributed by atoms with Gasteiger partial charge in [-0.2, -0.15) is 0 Å². The number of rotatable bonds is 0. The zero-order valence-corrected chi connectivity index (χ0v) is 9.74. The van der Waals surface area contributed by atoms with Gasteiger partial charge in [-0.15, -0.1) is 0 Å². The maximum Gasteiger partial charge on any atom is 0.0440 e. The average molecular weight is 211 g/mol. The molecule has 0 fully saturated rings. The Kier molecular flexibility index (Phi) is 2.32. The summed E-state index contributed by atoms with van der Waals surface area (Å²) < 4.78 is 0. The van der Waals surface area contributed by atoms with Crippen LogP contribution in [0.15, 0.2) is 47.7 Å². The van der Waals surface area contributed by atoms with Crippen LogP contribution in [-0.4, -0.2) is 7.05 Å². The first-order valence-electron chi connectivity index (χ1n) is 6.06. The molecule has 0 saturated carbocycles. The number of hydrogen-bond acceptors (Lipinski definition) is 1. The molecule has 1 aromatic carbocycles. The van der Waals surface area contributed by atoms with Gasteiger partial charge in [0, 0.05) is 18.4 Å². The molecule has 0 saturated heterocycles. The lowest BCUT2D eigenvalue weighted by Gasteiger charge is -2.24. The van der Waals surface area contributed by atoms with Crippen LogP contribution in [0.1, 0.15) is 24.8 Å². The average Bonchev–Trinajstić information content (AvgIpc) is 2.49. The van der Waals surface area contributed by atoms with Crippen LogP contribution in [0, 0.1) is 0 Å². The van der Waals surface area contributed by atoms with Gasteiger partial charge in [0.1, 0.15) is 0 Å². The van der Waals surface area contributed by atoms with Gasteiger partial charge in [0.2, 0.25) is 0 Å². The summed E-state index contributed by atoms with van der Waals surface area (Å²) >= 11 is 0. The maximum atomic E-state index is 2.35. The van der Waals surface area contributed by atoms with Crippen molar-refractivity contribution in [2.75, 3.05) is 11.9 Å². The summed E-state index contributed by atoms with van der Waals surface area (Å²) in [6.45, 7) is 0. The lowest BCUT2D eigenvalue weighted by Crippen LogP contribution is -2.17. The topological polar surface area (TPSA) is 3.24 Å². The number of fused-ring (bicyclic) bond motifs is 1. The van der Waals surface area contributed by atoms with E-state index >= 15 is 0 Å². The van der Waals surface area contributed by atoms with Crippen LogP contribution in [0.5, 0.6) is 0 Å². The van der Waals surface area contributed by atoms with Crippen LogP contribution in [0.4, 0.5) is 5.69 Å². The minimum Gasteiger partial charge on any atom is -0.344 e. The molecule has 1 aliphatic heterocycles. The zero-order chi connectivity index (χ0) is 11.0. The Morgan fingerprint density at radius 3 is 2.88 bits per heavy atom. The molecule has 0 N–H and O–H groups in total. The van der Waals surface area contributed by atoms with E-state index in [-0.39, 0.29) is 0 Å². The molecule has 0 bridgehead atoms. The fourth-order valence-electron chi connectivity index (χ4n) is 2.77. The van der Waals surface area contributed by atoms with Crippen molar-refractivity contribution in [2.45, 2.75) is 25.7 Å². The van der Waals surface area contributed by atoms with E-state index in [0.717, 1.165) is 0 Å².